The molecule has 6 heteroatoms. The molecule has 1 N–H and O–H groups in total. The van der Waals surface area contributed by atoms with Crippen LogP contribution in [0.5, 0.6) is 11.5 Å². The summed E-state index contributed by atoms with van der Waals surface area (Å²) in [5.74, 6) is 4.44. The lowest BCUT2D eigenvalue weighted by molar-refractivity contribution is -0.116. The number of benzene rings is 2. The number of terminal acetylenes is 1. The van der Waals surface area contributed by atoms with E-state index >= 15 is 0 Å². The number of nitrogens with one attached hydrogen (secondary N) is 1. The van der Waals surface area contributed by atoms with Gasteiger partial charge in [-0.25, -0.2) is 4.98 Å². The molecule has 28 heavy (non-hydrogen) atoms. The van der Waals surface area contributed by atoms with E-state index in [4.69, 9.17) is 15.9 Å². The molecule has 1 atom stereocenters. The van der Waals surface area contributed by atoms with Crippen molar-refractivity contribution in [2.45, 2.75) is 12.3 Å². The van der Waals surface area contributed by atoms with E-state index in [0.717, 1.165) is 22.7 Å². The minimum Gasteiger partial charge on any atom is -0.497 e. The smallest absolute Gasteiger partial charge is 0.226 e. The van der Waals surface area contributed by atoms with Crippen molar-refractivity contribution in [3.05, 3.63) is 66.1 Å². The van der Waals surface area contributed by atoms with Crippen molar-refractivity contribution < 1.29 is 14.3 Å². The van der Waals surface area contributed by atoms with Crippen molar-refractivity contribution in [2.75, 3.05) is 19.0 Å². The Labute approximate surface area is 163 Å². The molecule has 1 aliphatic rings. The van der Waals surface area contributed by atoms with Crippen LogP contribution in [0, 0.1) is 12.3 Å². The van der Waals surface area contributed by atoms with Crippen molar-refractivity contribution in [3.8, 4) is 29.5 Å². The van der Waals surface area contributed by atoms with E-state index < -0.39 is 0 Å². The van der Waals surface area contributed by atoms with Gasteiger partial charge < -0.3 is 14.8 Å². The highest BCUT2D eigenvalue weighted by atomic mass is 16.5. The average Bonchev–Trinajstić information content (AvgIpc) is 3.16. The lowest BCUT2D eigenvalue weighted by atomic mass is 9.90. The van der Waals surface area contributed by atoms with Crippen LogP contribution < -0.4 is 14.8 Å². The summed E-state index contributed by atoms with van der Waals surface area (Å²) in [5, 5.41) is 2.96. The van der Waals surface area contributed by atoms with Gasteiger partial charge in [0.15, 0.2) is 0 Å². The SMILES string of the molecule is C#CCOc1ccc([C@@H]2CC(=O)Nc3c2ncn3-c2ccc(OC)cc2)cc1. The molecule has 0 saturated carbocycles. The summed E-state index contributed by atoms with van der Waals surface area (Å²) >= 11 is 0. The molecule has 6 nitrogen and oxygen atoms in total. The second-order valence-corrected chi connectivity index (χ2v) is 6.41. The van der Waals surface area contributed by atoms with Crippen molar-refractivity contribution in [1.82, 2.24) is 9.55 Å². The maximum absolute atomic E-state index is 12.4. The van der Waals surface area contributed by atoms with Gasteiger partial charge in [-0.15, -0.1) is 6.42 Å². The van der Waals surface area contributed by atoms with E-state index in [1.807, 2.05) is 53.1 Å². The molecule has 0 bridgehead atoms. The van der Waals surface area contributed by atoms with Crippen LogP contribution in [0.1, 0.15) is 23.6 Å². The first-order valence-electron chi connectivity index (χ1n) is 8.87. The third-order valence-electron chi connectivity index (χ3n) is 4.73. The summed E-state index contributed by atoms with van der Waals surface area (Å²) in [4.78, 5) is 17.0. The predicted molar refractivity (Wildman–Crippen MR) is 106 cm³/mol. The van der Waals surface area contributed by atoms with E-state index in [0.29, 0.717) is 18.0 Å². The highest BCUT2D eigenvalue weighted by molar-refractivity contribution is 5.94. The van der Waals surface area contributed by atoms with Gasteiger partial charge in [0.2, 0.25) is 5.91 Å². The number of rotatable bonds is 5. The highest BCUT2D eigenvalue weighted by Crippen LogP contribution is 2.37. The number of carbonyl (C=O) groups is 1. The Kier molecular flexibility index (Phi) is 4.73. The summed E-state index contributed by atoms with van der Waals surface area (Å²) in [6, 6.07) is 15.2. The minimum atomic E-state index is -0.120. The second kappa shape index (κ2) is 7.49. The second-order valence-electron chi connectivity index (χ2n) is 6.41. The van der Waals surface area contributed by atoms with E-state index in [1.165, 1.54) is 0 Å². The average molecular weight is 373 g/mol. The van der Waals surface area contributed by atoms with E-state index in [9.17, 15) is 4.79 Å². The molecule has 0 radical (unpaired) electrons. The van der Waals surface area contributed by atoms with Gasteiger partial charge in [-0.2, -0.15) is 0 Å². The zero-order valence-corrected chi connectivity index (χ0v) is 15.4. The molecular weight excluding hydrogens is 354 g/mol. The van der Waals surface area contributed by atoms with Crippen LogP contribution in [0.2, 0.25) is 0 Å². The first-order chi connectivity index (χ1) is 13.7. The summed E-state index contributed by atoms with van der Waals surface area (Å²) in [5.41, 5.74) is 2.74. The number of amides is 1. The topological polar surface area (TPSA) is 65.4 Å². The van der Waals surface area contributed by atoms with Crippen LogP contribution in [-0.2, 0) is 4.79 Å². The van der Waals surface area contributed by atoms with Gasteiger partial charge in [0.1, 0.15) is 30.3 Å². The molecule has 3 aromatic rings. The number of hydrogen-bond donors (Lipinski definition) is 1. The molecule has 0 fully saturated rings. The Morgan fingerprint density at radius 3 is 2.57 bits per heavy atom. The van der Waals surface area contributed by atoms with Gasteiger partial charge >= 0.3 is 0 Å². The molecule has 0 aliphatic carbocycles. The summed E-state index contributed by atoms with van der Waals surface area (Å²) < 4.78 is 12.5. The Morgan fingerprint density at radius 1 is 1.18 bits per heavy atom. The third-order valence-corrected chi connectivity index (χ3v) is 4.73. The number of fused-ring (bicyclic) bond motifs is 1. The Morgan fingerprint density at radius 2 is 1.89 bits per heavy atom. The fourth-order valence-electron chi connectivity index (χ4n) is 3.34. The standard InChI is InChI=1S/C22H19N3O3/c1-3-12-28-18-8-4-15(5-9-18)19-13-20(26)24-22-21(19)23-14-25(22)16-6-10-17(27-2)11-7-16/h1,4-11,14,19H,12-13H2,2H3,(H,24,26)/t19-/m0/s1. The van der Waals surface area contributed by atoms with Crippen LogP contribution in [0.4, 0.5) is 5.82 Å². The van der Waals surface area contributed by atoms with E-state index in [2.05, 4.69) is 16.2 Å². The maximum Gasteiger partial charge on any atom is 0.226 e. The molecule has 2 aromatic carbocycles. The van der Waals surface area contributed by atoms with Crippen LogP contribution in [0.25, 0.3) is 5.69 Å². The number of anilines is 1. The van der Waals surface area contributed by atoms with Crippen molar-refractivity contribution in [3.63, 3.8) is 0 Å². The van der Waals surface area contributed by atoms with Gasteiger partial charge in [0.25, 0.3) is 0 Å². The van der Waals surface area contributed by atoms with E-state index in [-0.39, 0.29) is 18.4 Å². The first kappa shape index (κ1) is 17.7. The number of carbonyl (C=O) groups excluding carboxylic acids is 1. The van der Waals surface area contributed by atoms with Crippen molar-refractivity contribution in [2.24, 2.45) is 0 Å². The molecule has 1 amide bonds. The fraction of sp³-hybridized carbons (Fsp3) is 0.182. The molecule has 140 valence electrons. The van der Waals surface area contributed by atoms with Crippen molar-refractivity contribution >= 4 is 11.7 Å². The molecule has 0 spiro atoms. The first-order valence-corrected chi connectivity index (χ1v) is 8.87. The predicted octanol–water partition coefficient (Wildman–Crippen LogP) is 3.37. The number of hydrogen-bond acceptors (Lipinski definition) is 4. The van der Waals surface area contributed by atoms with Crippen LogP contribution >= 0.6 is 0 Å². The van der Waals surface area contributed by atoms with Gasteiger partial charge in [-0.05, 0) is 42.0 Å². The van der Waals surface area contributed by atoms with Gasteiger partial charge in [-0.1, -0.05) is 18.1 Å². The van der Waals surface area contributed by atoms with Gasteiger partial charge in [0, 0.05) is 18.0 Å². The number of ether oxygens (including phenoxy) is 2. The Bertz CT molecular complexity index is 1030. The fourth-order valence-corrected chi connectivity index (χ4v) is 3.34. The lowest BCUT2D eigenvalue weighted by Crippen LogP contribution is -2.24. The van der Waals surface area contributed by atoms with Crippen LogP contribution in [-0.4, -0.2) is 29.2 Å². The summed E-state index contributed by atoms with van der Waals surface area (Å²) in [7, 11) is 1.63. The molecule has 0 saturated heterocycles. The summed E-state index contributed by atoms with van der Waals surface area (Å²) in [6.07, 6.45) is 7.30. The zero-order chi connectivity index (χ0) is 19.5. The van der Waals surface area contributed by atoms with Gasteiger partial charge in [0.05, 0.1) is 12.8 Å². The van der Waals surface area contributed by atoms with Crippen molar-refractivity contribution in [1.29, 1.82) is 0 Å². The number of methoxy groups -OCH3 is 1. The lowest BCUT2D eigenvalue weighted by Gasteiger charge is -2.23. The molecular formula is C22H19N3O3. The van der Waals surface area contributed by atoms with E-state index in [1.54, 1.807) is 13.4 Å². The molecule has 4 rings (SSSR count). The monoisotopic (exact) mass is 373 g/mol. The Balaban J connectivity index is 1.67. The quantitative estimate of drug-likeness (QED) is 0.697. The maximum atomic E-state index is 12.4. The number of aromatic nitrogens is 2. The van der Waals surface area contributed by atoms with Crippen LogP contribution in [0.3, 0.4) is 0 Å². The largest absolute Gasteiger partial charge is 0.497 e. The van der Waals surface area contributed by atoms with Gasteiger partial charge in [-0.3, -0.25) is 9.36 Å². The molecule has 2 heterocycles. The highest BCUT2D eigenvalue weighted by Gasteiger charge is 2.31. The third kappa shape index (κ3) is 3.30. The summed E-state index contributed by atoms with van der Waals surface area (Å²) in [6.45, 7) is 0.224. The molecule has 1 aromatic heterocycles. The normalized spacial score (nSPS) is 15.3. The Hall–Kier alpha value is -3.72. The molecule has 0 unspecified atom stereocenters. The van der Waals surface area contributed by atoms with Crippen LogP contribution in [0.15, 0.2) is 54.9 Å². The number of imidazole rings is 1. The zero-order valence-electron chi connectivity index (χ0n) is 15.4. The minimum absolute atomic E-state index is 0.0413. The molecule has 1 aliphatic heterocycles. The number of nitrogens with zero attached hydrogens (tertiary/aromatic N) is 2.